The first-order valence-electron chi connectivity index (χ1n) is 9.77. The van der Waals surface area contributed by atoms with E-state index >= 15 is 0 Å². The average Bonchev–Trinajstić information content (AvgIpc) is 3.23. The first kappa shape index (κ1) is 23.1. The number of carboxylic acid groups (broad SMARTS) is 1. The van der Waals surface area contributed by atoms with Crippen LogP contribution < -0.4 is 10.2 Å². The third-order valence-electron chi connectivity index (χ3n) is 5.10. The summed E-state index contributed by atoms with van der Waals surface area (Å²) >= 11 is 6.13. The van der Waals surface area contributed by atoms with E-state index < -0.39 is 29.2 Å². The Morgan fingerprint density at radius 3 is 2.73 bits per heavy atom. The summed E-state index contributed by atoms with van der Waals surface area (Å²) < 4.78 is 56.4. The van der Waals surface area contributed by atoms with Crippen LogP contribution in [-0.2, 0) is 15.7 Å². The van der Waals surface area contributed by atoms with E-state index in [1.165, 1.54) is 24.3 Å². The lowest BCUT2D eigenvalue weighted by Crippen LogP contribution is -2.30. The van der Waals surface area contributed by atoms with Crippen LogP contribution in [0.2, 0.25) is 5.02 Å². The molecule has 0 bridgehead atoms. The minimum atomic E-state index is -4.61. The molecule has 3 aromatic rings. The highest BCUT2D eigenvalue weighted by molar-refractivity contribution is 6.34. The van der Waals surface area contributed by atoms with Crippen molar-refractivity contribution < 1.29 is 37.0 Å². The molecule has 1 aliphatic heterocycles. The van der Waals surface area contributed by atoms with Crippen LogP contribution in [0.3, 0.4) is 0 Å². The number of alkyl halides is 3. The minimum absolute atomic E-state index is 0.000212. The summed E-state index contributed by atoms with van der Waals surface area (Å²) in [5, 5.41) is 9.41. The van der Waals surface area contributed by atoms with Gasteiger partial charge in [0.2, 0.25) is 0 Å². The van der Waals surface area contributed by atoms with E-state index in [9.17, 15) is 22.8 Å². The number of rotatable bonds is 6. The Balaban J connectivity index is 1.65. The molecule has 2 aromatic carbocycles. The van der Waals surface area contributed by atoms with Gasteiger partial charge in [0, 0.05) is 19.2 Å². The number of carbonyl (C=O) groups is 1. The number of hydrogen-bond acceptors (Lipinski definition) is 6. The molecule has 1 aliphatic rings. The van der Waals surface area contributed by atoms with Crippen LogP contribution in [0.5, 0.6) is 5.75 Å². The van der Waals surface area contributed by atoms with E-state index in [0.29, 0.717) is 0 Å². The van der Waals surface area contributed by atoms with E-state index in [1.807, 2.05) is 0 Å². The maximum Gasteiger partial charge on any atom is 0.416 e. The van der Waals surface area contributed by atoms with Gasteiger partial charge in [0.1, 0.15) is 24.8 Å². The summed E-state index contributed by atoms with van der Waals surface area (Å²) in [4.78, 5) is 25.2. The van der Waals surface area contributed by atoms with Crippen molar-refractivity contribution >= 4 is 28.5 Å². The molecule has 1 aromatic heterocycles. The van der Waals surface area contributed by atoms with Gasteiger partial charge in [-0.3, -0.25) is 9.69 Å². The second-order valence-corrected chi connectivity index (χ2v) is 7.76. The van der Waals surface area contributed by atoms with Crippen molar-refractivity contribution in [3.8, 4) is 17.1 Å². The highest BCUT2D eigenvalue weighted by Gasteiger charge is 2.32. The smallest absolute Gasteiger partial charge is 0.416 e. The Morgan fingerprint density at radius 1 is 1.24 bits per heavy atom. The number of carboxylic acids is 1. The number of ether oxygens (including phenoxy) is 2. The summed E-state index contributed by atoms with van der Waals surface area (Å²) in [6, 6.07) is 8.67. The van der Waals surface area contributed by atoms with Gasteiger partial charge >= 0.3 is 12.1 Å². The lowest BCUT2D eigenvalue weighted by molar-refractivity contribution is -0.146. The molecular formula is C22H17ClF3NO6. The van der Waals surface area contributed by atoms with E-state index in [0.717, 1.165) is 12.1 Å². The maximum absolute atomic E-state index is 13.3. The molecule has 1 unspecified atom stereocenters. The number of hydrogen-bond donors (Lipinski definition) is 1. The Morgan fingerprint density at radius 2 is 2.03 bits per heavy atom. The van der Waals surface area contributed by atoms with Gasteiger partial charge in [-0.2, -0.15) is 13.2 Å². The van der Waals surface area contributed by atoms with Crippen LogP contribution in [0.25, 0.3) is 22.3 Å². The predicted octanol–water partition coefficient (Wildman–Crippen LogP) is 4.25. The van der Waals surface area contributed by atoms with Gasteiger partial charge in [-0.1, -0.05) is 17.7 Å². The van der Waals surface area contributed by atoms with E-state index in [1.54, 1.807) is 11.0 Å². The lowest BCUT2D eigenvalue weighted by Gasteiger charge is -2.17. The number of aliphatic carboxylic acids is 1. The molecule has 0 amide bonds. The normalized spacial score (nSPS) is 16.9. The third-order valence-corrected chi connectivity index (χ3v) is 5.40. The Bertz CT molecular complexity index is 1260. The van der Waals surface area contributed by atoms with Gasteiger partial charge in [0.25, 0.3) is 0 Å². The third kappa shape index (κ3) is 4.97. The fourth-order valence-electron chi connectivity index (χ4n) is 3.42. The van der Waals surface area contributed by atoms with Crippen LogP contribution in [0.15, 0.2) is 51.7 Å². The molecule has 7 nitrogen and oxygen atoms in total. The highest BCUT2D eigenvalue weighted by atomic mass is 35.5. The summed E-state index contributed by atoms with van der Waals surface area (Å²) in [7, 11) is 0. The first-order valence-corrected chi connectivity index (χ1v) is 10.1. The molecule has 33 heavy (non-hydrogen) atoms. The number of para-hydroxylation sites is 1. The largest absolute Gasteiger partial charge is 0.491 e. The zero-order chi connectivity index (χ0) is 23.8. The Kier molecular flexibility index (Phi) is 6.33. The molecule has 4 rings (SSSR count). The van der Waals surface area contributed by atoms with Gasteiger partial charge in [0.15, 0.2) is 17.1 Å². The van der Waals surface area contributed by atoms with Crippen molar-refractivity contribution in [2.24, 2.45) is 0 Å². The molecule has 11 heteroatoms. The molecule has 1 N–H and O–H groups in total. The zero-order valence-electron chi connectivity index (χ0n) is 16.9. The SMILES string of the molecule is O=C(O)C1CN(CCOc2cc(C(F)(F)F)ccc2-c2cc(=O)c3cccc(Cl)c3o2)CO1. The Labute approximate surface area is 189 Å². The molecular weight excluding hydrogens is 467 g/mol. The topological polar surface area (TPSA) is 89.2 Å². The quantitative estimate of drug-likeness (QED) is 0.560. The number of nitrogens with zero attached hydrogens (tertiary/aromatic N) is 1. The Hall–Kier alpha value is -3.08. The molecule has 2 heterocycles. The molecule has 0 aliphatic carbocycles. The number of halogens is 4. The summed E-state index contributed by atoms with van der Waals surface area (Å²) in [6.07, 6.45) is -5.58. The summed E-state index contributed by atoms with van der Waals surface area (Å²) in [6.45, 7) is 0.357. The van der Waals surface area contributed by atoms with Crippen molar-refractivity contribution in [1.82, 2.24) is 4.90 Å². The van der Waals surface area contributed by atoms with Gasteiger partial charge in [-0.15, -0.1) is 0 Å². The van der Waals surface area contributed by atoms with Crippen molar-refractivity contribution in [3.63, 3.8) is 0 Å². The second kappa shape index (κ2) is 9.05. The number of benzene rings is 2. The first-order chi connectivity index (χ1) is 15.6. The predicted molar refractivity (Wildman–Crippen MR) is 112 cm³/mol. The van der Waals surface area contributed by atoms with Crippen LogP contribution in [0.1, 0.15) is 5.56 Å². The van der Waals surface area contributed by atoms with Crippen LogP contribution in [0, 0.1) is 0 Å². The second-order valence-electron chi connectivity index (χ2n) is 7.35. The minimum Gasteiger partial charge on any atom is -0.491 e. The summed E-state index contributed by atoms with van der Waals surface area (Å²) in [5.41, 5.74) is -1.09. The molecule has 1 atom stereocenters. The van der Waals surface area contributed by atoms with E-state index in [2.05, 4.69) is 0 Å². The number of fused-ring (bicyclic) bond motifs is 1. The van der Waals surface area contributed by atoms with Crippen molar-refractivity contribution in [2.45, 2.75) is 12.3 Å². The van der Waals surface area contributed by atoms with Crippen molar-refractivity contribution in [2.75, 3.05) is 26.4 Å². The van der Waals surface area contributed by atoms with Gasteiger partial charge in [-0.25, -0.2) is 4.79 Å². The molecule has 174 valence electrons. The van der Waals surface area contributed by atoms with E-state index in [4.69, 9.17) is 30.6 Å². The summed E-state index contributed by atoms with van der Waals surface area (Å²) in [5.74, 6) is -1.24. The van der Waals surface area contributed by atoms with Crippen molar-refractivity contribution in [3.05, 3.63) is 63.3 Å². The monoisotopic (exact) mass is 483 g/mol. The van der Waals surface area contributed by atoms with Crippen LogP contribution in [0.4, 0.5) is 13.2 Å². The molecule has 0 saturated carbocycles. The average molecular weight is 484 g/mol. The lowest BCUT2D eigenvalue weighted by atomic mass is 10.1. The van der Waals surface area contributed by atoms with Crippen molar-refractivity contribution in [1.29, 1.82) is 0 Å². The molecule has 0 spiro atoms. The zero-order valence-corrected chi connectivity index (χ0v) is 17.7. The fraction of sp³-hybridized carbons (Fsp3) is 0.273. The van der Waals surface area contributed by atoms with Crippen LogP contribution in [-0.4, -0.2) is 48.5 Å². The van der Waals surface area contributed by atoms with Gasteiger partial charge in [0.05, 0.1) is 21.5 Å². The van der Waals surface area contributed by atoms with Crippen LogP contribution >= 0.6 is 11.6 Å². The standard InChI is InChI=1S/C22H17ClF3NO6/c23-15-3-1-2-13-16(28)9-18(33-20(13)15)14-5-4-12(22(24,25)26)8-17(14)31-7-6-27-10-19(21(29)30)32-11-27/h1-5,8-9,19H,6-7,10-11H2,(H,29,30). The molecule has 1 fully saturated rings. The fourth-order valence-corrected chi connectivity index (χ4v) is 3.64. The van der Waals surface area contributed by atoms with Gasteiger partial charge < -0.3 is 19.0 Å². The van der Waals surface area contributed by atoms with E-state index in [-0.39, 0.29) is 59.5 Å². The molecule has 0 radical (unpaired) electrons. The molecule has 1 saturated heterocycles. The highest BCUT2D eigenvalue weighted by Crippen LogP contribution is 2.38. The maximum atomic E-state index is 13.3. The van der Waals surface area contributed by atoms with Gasteiger partial charge in [-0.05, 0) is 30.3 Å².